The first-order chi connectivity index (χ1) is 11.7. The molecule has 6 nitrogen and oxygen atoms in total. The molecule has 0 fully saturated rings. The summed E-state index contributed by atoms with van der Waals surface area (Å²) in [6.07, 6.45) is 8.76. The lowest BCUT2D eigenvalue weighted by Gasteiger charge is -2.24. The predicted octanol–water partition coefficient (Wildman–Crippen LogP) is 2.73. The molecule has 0 aliphatic heterocycles. The van der Waals surface area contributed by atoms with Gasteiger partial charge in [0, 0.05) is 25.5 Å². The molecule has 0 radical (unpaired) electrons. The number of hydrogen-bond acceptors (Lipinski definition) is 6. The van der Waals surface area contributed by atoms with Crippen LogP contribution in [-0.2, 0) is 6.54 Å². The van der Waals surface area contributed by atoms with Crippen molar-refractivity contribution in [1.82, 2.24) is 19.9 Å². The Bertz CT molecular complexity index is 621. The molecule has 24 heavy (non-hydrogen) atoms. The molecule has 0 aliphatic rings. The molecular formula is C18H24N4O2. The number of pyridine rings is 1. The van der Waals surface area contributed by atoms with Crippen LogP contribution >= 0.6 is 0 Å². The van der Waals surface area contributed by atoms with Crippen LogP contribution in [0.2, 0.25) is 0 Å². The SMILES string of the molecule is C=CCCC(CN(C)Cc1cccnc1)Oc1cc(OC)ncn1. The number of ether oxygens (including phenoxy) is 2. The van der Waals surface area contributed by atoms with Gasteiger partial charge in [0.15, 0.2) is 0 Å². The lowest BCUT2D eigenvalue weighted by atomic mass is 10.1. The minimum atomic E-state index is 0.00396. The average Bonchev–Trinajstić information content (AvgIpc) is 2.60. The predicted molar refractivity (Wildman–Crippen MR) is 93.0 cm³/mol. The summed E-state index contributed by atoms with van der Waals surface area (Å²) in [5.74, 6) is 1.01. The van der Waals surface area contributed by atoms with E-state index in [9.17, 15) is 0 Å². The molecular weight excluding hydrogens is 304 g/mol. The third-order valence-electron chi connectivity index (χ3n) is 3.50. The zero-order valence-electron chi connectivity index (χ0n) is 14.3. The molecule has 2 heterocycles. The van der Waals surface area contributed by atoms with E-state index in [0.29, 0.717) is 11.8 Å². The van der Waals surface area contributed by atoms with Gasteiger partial charge in [0.05, 0.1) is 13.2 Å². The summed E-state index contributed by atoms with van der Waals surface area (Å²) in [5.41, 5.74) is 1.17. The number of likely N-dealkylation sites (N-methyl/N-ethyl adjacent to an activating group) is 1. The zero-order valence-corrected chi connectivity index (χ0v) is 14.3. The van der Waals surface area contributed by atoms with Crippen molar-refractivity contribution in [3.8, 4) is 11.8 Å². The fourth-order valence-corrected chi connectivity index (χ4v) is 2.38. The minimum Gasteiger partial charge on any atom is -0.481 e. The largest absolute Gasteiger partial charge is 0.481 e. The molecule has 0 saturated heterocycles. The zero-order chi connectivity index (χ0) is 17.2. The van der Waals surface area contributed by atoms with Crippen LogP contribution in [-0.4, -0.2) is 46.7 Å². The highest BCUT2D eigenvalue weighted by atomic mass is 16.5. The van der Waals surface area contributed by atoms with E-state index >= 15 is 0 Å². The van der Waals surface area contributed by atoms with Crippen molar-refractivity contribution in [2.45, 2.75) is 25.5 Å². The maximum Gasteiger partial charge on any atom is 0.220 e. The van der Waals surface area contributed by atoms with Crippen LogP contribution in [0.5, 0.6) is 11.8 Å². The number of methoxy groups -OCH3 is 1. The van der Waals surface area contributed by atoms with Gasteiger partial charge >= 0.3 is 0 Å². The van der Waals surface area contributed by atoms with E-state index in [1.165, 1.54) is 11.9 Å². The summed E-state index contributed by atoms with van der Waals surface area (Å²) in [4.78, 5) is 14.5. The van der Waals surface area contributed by atoms with E-state index in [-0.39, 0.29) is 6.10 Å². The number of aromatic nitrogens is 3. The Morgan fingerprint density at radius 2 is 2.17 bits per heavy atom. The second-order valence-electron chi connectivity index (χ2n) is 5.56. The highest BCUT2D eigenvalue weighted by molar-refractivity contribution is 5.18. The van der Waals surface area contributed by atoms with Gasteiger partial charge in [-0.15, -0.1) is 6.58 Å². The maximum atomic E-state index is 6.03. The molecule has 1 unspecified atom stereocenters. The third-order valence-corrected chi connectivity index (χ3v) is 3.50. The first-order valence-corrected chi connectivity index (χ1v) is 7.92. The van der Waals surface area contributed by atoms with Crippen LogP contribution in [0.4, 0.5) is 0 Å². The fourth-order valence-electron chi connectivity index (χ4n) is 2.38. The molecule has 0 spiro atoms. The molecule has 2 aromatic rings. The normalized spacial score (nSPS) is 12.0. The van der Waals surface area contributed by atoms with Crippen LogP contribution in [0.25, 0.3) is 0 Å². The fraction of sp³-hybridized carbons (Fsp3) is 0.389. The standard InChI is InChI=1S/C18H24N4O2/c1-4-5-8-16(24-18-10-17(23-3)20-14-21-18)13-22(2)12-15-7-6-9-19-11-15/h4,6-7,9-11,14,16H,1,5,8,12-13H2,2-3H3. The molecule has 0 saturated carbocycles. The van der Waals surface area contributed by atoms with Crippen LogP contribution in [0.15, 0.2) is 49.6 Å². The van der Waals surface area contributed by atoms with Crippen LogP contribution < -0.4 is 9.47 Å². The Labute approximate surface area is 143 Å². The lowest BCUT2D eigenvalue weighted by molar-refractivity contribution is 0.131. The van der Waals surface area contributed by atoms with Crippen molar-refractivity contribution >= 4 is 0 Å². The third kappa shape index (κ3) is 5.96. The van der Waals surface area contributed by atoms with Gasteiger partial charge in [0.1, 0.15) is 12.4 Å². The first-order valence-electron chi connectivity index (χ1n) is 7.92. The van der Waals surface area contributed by atoms with Crippen molar-refractivity contribution < 1.29 is 9.47 Å². The van der Waals surface area contributed by atoms with Gasteiger partial charge < -0.3 is 9.47 Å². The Hall–Kier alpha value is -2.47. The summed E-state index contributed by atoms with van der Waals surface area (Å²) in [7, 11) is 3.64. The molecule has 6 heteroatoms. The van der Waals surface area contributed by atoms with Gasteiger partial charge in [-0.1, -0.05) is 12.1 Å². The van der Waals surface area contributed by atoms with E-state index < -0.39 is 0 Å². The van der Waals surface area contributed by atoms with Crippen molar-refractivity contribution in [1.29, 1.82) is 0 Å². The van der Waals surface area contributed by atoms with Gasteiger partial charge in [-0.25, -0.2) is 9.97 Å². The smallest absolute Gasteiger partial charge is 0.220 e. The van der Waals surface area contributed by atoms with Crippen LogP contribution in [0.3, 0.4) is 0 Å². The molecule has 0 aliphatic carbocycles. The molecule has 0 bridgehead atoms. The van der Waals surface area contributed by atoms with E-state index in [0.717, 1.165) is 25.9 Å². The highest BCUT2D eigenvalue weighted by Gasteiger charge is 2.15. The molecule has 0 N–H and O–H groups in total. The van der Waals surface area contributed by atoms with Gasteiger partial charge in [0.25, 0.3) is 0 Å². The second kappa shape index (κ2) is 9.62. The summed E-state index contributed by atoms with van der Waals surface area (Å²) >= 11 is 0. The van der Waals surface area contributed by atoms with Crippen LogP contribution in [0, 0.1) is 0 Å². The summed E-state index contributed by atoms with van der Waals surface area (Å²) < 4.78 is 11.1. The van der Waals surface area contributed by atoms with Gasteiger partial charge in [-0.05, 0) is 31.5 Å². The molecule has 1 atom stereocenters. The Kier molecular flexibility index (Phi) is 7.17. The Balaban J connectivity index is 1.97. The van der Waals surface area contributed by atoms with Gasteiger partial charge in [0.2, 0.25) is 11.8 Å². The monoisotopic (exact) mass is 328 g/mol. The Morgan fingerprint density at radius 3 is 2.88 bits per heavy atom. The molecule has 2 aromatic heterocycles. The second-order valence-corrected chi connectivity index (χ2v) is 5.56. The summed E-state index contributed by atoms with van der Waals surface area (Å²) in [5, 5.41) is 0. The molecule has 2 rings (SSSR count). The molecule has 128 valence electrons. The number of allylic oxidation sites excluding steroid dienone is 1. The average molecular weight is 328 g/mol. The van der Waals surface area contributed by atoms with Gasteiger partial charge in [-0.3, -0.25) is 9.88 Å². The van der Waals surface area contributed by atoms with E-state index in [1.54, 1.807) is 19.4 Å². The topological polar surface area (TPSA) is 60.4 Å². The summed E-state index contributed by atoms with van der Waals surface area (Å²) in [6, 6.07) is 5.71. The quantitative estimate of drug-likeness (QED) is 0.625. The van der Waals surface area contributed by atoms with Gasteiger partial charge in [-0.2, -0.15) is 0 Å². The summed E-state index contributed by atoms with van der Waals surface area (Å²) in [6.45, 7) is 5.38. The number of hydrogen-bond donors (Lipinski definition) is 0. The van der Waals surface area contributed by atoms with Crippen molar-refractivity contribution in [3.05, 3.63) is 55.1 Å². The van der Waals surface area contributed by atoms with Crippen LogP contribution in [0.1, 0.15) is 18.4 Å². The maximum absolute atomic E-state index is 6.03. The minimum absolute atomic E-state index is 0.00396. The van der Waals surface area contributed by atoms with Crippen molar-refractivity contribution in [2.24, 2.45) is 0 Å². The van der Waals surface area contributed by atoms with E-state index in [4.69, 9.17) is 9.47 Å². The molecule has 0 aromatic carbocycles. The number of rotatable bonds is 10. The first kappa shape index (κ1) is 17.9. The number of nitrogens with zero attached hydrogens (tertiary/aromatic N) is 4. The molecule has 0 amide bonds. The van der Waals surface area contributed by atoms with Crippen molar-refractivity contribution in [2.75, 3.05) is 20.7 Å². The van der Waals surface area contributed by atoms with E-state index in [1.807, 2.05) is 18.3 Å². The Morgan fingerprint density at radius 1 is 1.33 bits per heavy atom. The highest BCUT2D eigenvalue weighted by Crippen LogP contribution is 2.16. The van der Waals surface area contributed by atoms with E-state index in [2.05, 4.69) is 39.5 Å². The lowest BCUT2D eigenvalue weighted by Crippen LogP contribution is -2.33. The van der Waals surface area contributed by atoms with Crippen molar-refractivity contribution in [3.63, 3.8) is 0 Å².